The van der Waals surface area contributed by atoms with E-state index in [1.807, 2.05) is 0 Å². The summed E-state index contributed by atoms with van der Waals surface area (Å²) in [6.45, 7) is 0. The molecule has 0 fully saturated rings. The van der Waals surface area contributed by atoms with Crippen LogP contribution in [-0.4, -0.2) is 18.8 Å². The Morgan fingerprint density at radius 1 is 1.43 bits per heavy atom. The number of nitrogens with one attached hydrogen (secondary N) is 1. The fourth-order valence-corrected chi connectivity index (χ4v) is 0.961. The molecule has 5 heteroatoms. The quantitative estimate of drug-likeness (QED) is 0.231. The Labute approximate surface area is 80.8 Å². The molecular formula is C9H10N2O3. The second-order valence-corrected chi connectivity index (χ2v) is 2.53. The Balaban J connectivity index is 2.95. The fourth-order valence-electron chi connectivity index (χ4n) is 0.961. The standard InChI is InChI=1S/C9H10N2O3/c1-14-7-4-2-3-6(5-7)8(12)9(13)11-10/h2-5H,10H2,1H3,(H,11,13). The first kappa shape index (κ1) is 10.2. The van der Waals surface area contributed by atoms with Crippen LogP contribution >= 0.6 is 0 Å². The van der Waals surface area contributed by atoms with Crippen LogP contribution in [0.1, 0.15) is 10.4 Å². The van der Waals surface area contributed by atoms with E-state index in [1.165, 1.54) is 19.2 Å². The van der Waals surface area contributed by atoms with Crippen molar-refractivity contribution in [1.82, 2.24) is 5.43 Å². The number of Topliss-reactive ketones (excluding diaryl/α,β-unsaturated/α-hetero) is 1. The van der Waals surface area contributed by atoms with Gasteiger partial charge in [0.05, 0.1) is 7.11 Å². The molecule has 0 spiro atoms. The summed E-state index contributed by atoms with van der Waals surface area (Å²) < 4.78 is 4.90. The van der Waals surface area contributed by atoms with E-state index in [-0.39, 0.29) is 5.56 Å². The molecule has 0 unspecified atom stereocenters. The molecule has 3 N–H and O–H groups in total. The summed E-state index contributed by atoms with van der Waals surface area (Å²) >= 11 is 0. The topological polar surface area (TPSA) is 81.4 Å². The van der Waals surface area contributed by atoms with Gasteiger partial charge < -0.3 is 4.74 Å². The number of hydrogen-bond donors (Lipinski definition) is 2. The molecule has 0 aliphatic carbocycles. The second-order valence-electron chi connectivity index (χ2n) is 2.53. The number of benzene rings is 1. The van der Waals surface area contributed by atoms with Crippen LogP contribution in [0.3, 0.4) is 0 Å². The first-order valence-corrected chi connectivity index (χ1v) is 3.88. The first-order chi connectivity index (χ1) is 6.69. The number of hydrazine groups is 1. The molecule has 1 aromatic rings. The van der Waals surface area contributed by atoms with Gasteiger partial charge in [-0.3, -0.25) is 15.0 Å². The van der Waals surface area contributed by atoms with Crippen molar-refractivity contribution in [3.05, 3.63) is 29.8 Å². The van der Waals surface area contributed by atoms with Gasteiger partial charge in [-0.05, 0) is 12.1 Å². The van der Waals surface area contributed by atoms with Crippen molar-refractivity contribution in [3.8, 4) is 5.75 Å². The lowest BCUT2D eigenvalue weighted by atomic mass is 10.1. The highest BCUT2D eigenvalue weighted by atomic mass is 16.5. The van der Waals surface area contributed by atoms with Crippen LogP contribution < -0.4 is 16.0 Å². The van der Waals surface area contributed by atoms with Gasteiger partial charge in [-0.15, -0.1) is 0 Å². The number of ether oxygens (including phenoxy) is 1. The Bertz CT molecular complexity index is 363. The van der Waals surface area contributed by atoms with E-state index in [2.05, 4.69) is 0 Å². The number of ketones is 1. The lowest BCUT2D eigenvalue weighted by Gasteiger charge is -2.02. The van der Waals surface area contributed by atoms with Crippen molar-refractivity contribution in [3.63, 3.8) is 0 Å². The minimum Gasteiger partial charge on any atom is -0.497 e. The van der Waals surface area contributed by atoms with Gasteiger partial charge >= 0.3 is 5.91 Å². The van der Waals surface area contributed by atoms with Crippen LogP contribution in [-0.2, 0) is 4.79 Å². The second kappa shape index (κ2) is 4.38. The third-order valence-corrected chi connectivity index (χ3v) is 1.67. The van der Waals surface area contributed by atoms with Crippen LogP contribution in [0.15, 0.2) is 24.3 Å². The molecule has 0 saturated carbocycles. The van der Waals surface area contributed by atoms with E-state index in [1.54, 1.807) is 17.6 Å². The van der Waals surface area contributed by atoms with Gasteiger partial charge in [-0.1, -0.05) is 12.1 Å². The largest absolute Gasteiger partial charge is 0.497 e. The van der Waals surface area contributed by atoms with Gasteiger partial charge in [0.25, 0.3) is 5.78 Å². The van der Waals surface area contributed by atoms with Gasteiger partial charge in [-0.25, -0.2) is 5.84 Å². The average molecular weight is 194 g/mol. The van der Waals surface area contributed by atoms with Crippen LogP contribution in [0.5, 0.6) is 5.75 Å². The number of methoxy groups -OCH3 is 1. The van der Waals surface area contributed by atoms with E-state index in [4.69, 9.17) is 10.6 Å². The molecular weight excluding hydrogens is 184 g/mol. The minimum atomic E-state index is -0.849. The summed E-state index contributed by atoms with van der Waals surface area (Å²) in [7, 11) is 1.48. The third-order valence-electron chi connectivity index (χ3n) is 1.67. The number of rotatable bonds is 3. The predicted molar refractivity (Wildman–Crippen MR) is 49.7 cm³/mol. The molecule has 0 radical (unpaired) electrons. The summed E-state index contributed by atoms with van der Waals surface area (Å²) in [6, 6.07) is 6.28. The van der Waals surface area contributed by atoms with Crippen molar-refractivity contribution >= 4 is 11.7 Å². The van der Waals surface area contributed by atoms with E-state index < -0.39 is 11.7 Å². The molecule has 5 nitrogen and oxygen atoms in total. The molecule has 1 rings (SSSR count). The Morgan fingerprint density at radius 2 is 2.14 bits per heavy atom. The van der Waals surface area contributed by atoms with E-state index in [0.717, 1.165) is 0 Å². The van der Waals surface area contributed by atoms with E-state index in [9.17, 15) is 9.59 Å². The maximum Gasteiger partial charge on any atom is 0.306 e. The maximum absolute atomic E-state index is 11.3. The van der Waals surface area contributed by atoms with E-state index >= 15 is 0 Å². The highest BCUT2D eigenvalue weighted by molar-refractivity contribution is 6.42. The molecule has 1 amide bonds. The maximum atomic E-state index is 11.3. The van der Waals surface area contributed by atoms with Crippen molar-refractivity contribution in [2.75, 3.05) is 7.11 Å². The van der Waals surface area contributed by atoms with Crippen LogP contribution in [0.4, 0.5) is 0 Å². The molecule has 0 saturated heterocycles. The van der Waals surface area contributed by atoms with Gasteiger partial charge in [-0.2, -0.15) is 0 Å². The summed E-state index contributed by atoms with van der Waals surface area (Å²) in [6.07, 6.45) is 0. The Kier molecular flexibility index (Phi) is 3.19. The Hall–Kier alpha value is -1.88. The molecule has 74 valence electrons. The third kappa shape index (κ3) is 2.08. The van der Waals surface area contributed by atoms with Crippen molar-refractivity contribution in [2.45, 2.75) is 0 Å². The normalized spacial score (nSPS) is 9.29. The van der Waals surface area contributed by atoms with E-state index in [0.29, 0.717) is 5.75 Å². The molecule has 0 aliphatic heterocycles. The zero-order valence-electron chi connectivity index (χ0n) is 7.61. The van der Waals surface area contributed by atoms with Crippen LogP contribution in [0.25, 0.3) is 0 Å². The highest BCUT2D eigenvalue weighted by Crippen LogP contribution is 2.12. The van der Waals surface area contributed by atoms with Gasteiger partial charge in [0.1, 0.15) is 5.75 Å². The van der Waals surface area contributed by atoms with Gasteiger partial charge in [0.2, 0.25) is 0 Å². The summed E-state index contributed by atoms with van der Waals surface area (Å²) in [5.74, 6) is 3.81. The molecule has 0 aliphatic rings. The van der Waals surface area contributed by atoms with Crippen molar-refractivity contribution in [1.29, 1.82) is 0 Å². The van der Waals surface area contributed by atoms with Gasteiger partial charge in [0.15, 0.2) is 0 Å². The zero-order chi connectivity index (χ0) is 10.6. The number of hydrogen-bond acceptors (Lipinski definition) is 4. The Morgan fingerprint density at radius 3 is 2.71 bits per heavy atom. The minimum absolute atomic E-state index is 0.243. The smallest absolute Gasteiger partial charge is 0.306 e. The molecule has 1 aromatic carbocycles. The predicted octanol–water partition coefficient (Wildman–Crippen LogP) is -0.132. The molecule has 0 bridgehead atoms. The summed E-state index contributed by atoms with van der Waals surface area (Å²) in [4.78, 5) is 22.2. The number of amides is 1. The molecule has 0 heterocycles. The lowest BCUT2D eigenvalue weighted by Crippen LogP contribution is -2.36. The number of nitrogens with two attached hydrogens (primary N) is 1. The highest BCUT2D eigenvalue weighted by Gasteiger charge is 2.14. The van der Waals surface area contributed by atoms with Crippen molar-refractivity contribution in [2.24, 2.45) is 5.84 Å². The number of carbonyl (C=O) groups is 2. The number of carbonyl (C=O) groups excluding carboxylic acids is 2. The fraction of sp³-hybridized carbons (Fsp3) is 0.111. The lowest BCUT2D eigenvalue weighted by molar-refractivity contribution is -0.117. The van der Waals surface area contributed by atoms with Crippen LogP contribution in [0, 0.1) is 0 Å². The van der Waals surface area contributed by atoms with Crippen LogP contribution in [0.2, 0.25) is 0 Å². The molecule has 0 atom stereocenters. The van der Waals surface area contributed by atoms with Gasteiger partial charge in [0, 0.05) is 5.56 Å². The zero-order valence-corrected chi connectivity index (χ0v) is 7.61. The van der Waals surface area contributed by atoms with Crippen molar-refractivity contribution < 1.29 is 14.3 Å². The monoisotopic (exact) mass is 194 g/mol. The average Bonchev–Trinajstić information content (AvgIpc) is 2.27. The first-order valence-electron chi connectivity index (χ1n) is 3.88. The summed E-state index contributed by atoms with van der Waals surface area (Å²) in [5, 5.41) is 0. The molecule has 14 heavy (non-hydrogen) atoms. The molecule has 0 aromatic heterocycles. The SMILES string of the molecule is COc1cccc(C(=O)C(=O)NN)c1. The summed E-state index contributed by atoms with van der Waals surface area (Å²) in [5.41, 5.74) is 2.01.